The highest BCUT2D eigenvalue weighted by atomic mass is 35.5. The Bertz CT molecular complexity index is 1360. The van der Waals surface area contributed by atoms with Crippen LogP contribution in [-0.4, -0.2) is 20.9 Å². The first-order valence-electron chi connectivity index (χ1n) is 10.7. The van der Waals surface area contributed by atoms with E-state index in [-0.39, 0.29) is 47.0 Å². The number of anilines is 1. The van der Waals surface area contributed by atoms with Gasteiger partial charge in [0.1, 0.15) is 11.6 Å². The highest BCUT2D eigenvalue weighted by Crippen LogP contribution is 2.34. The van der Waals surface area contributed by atoms with Crippen molar-refractivity contribution in [3.05, 3.63) is 92.5 Å². The molecule has 0 spiro atoms. The monoisotopic (exact) mass is 540 g/mol. The number of hydrogen-bond donors (Lipinski definition) is 1. The second-order valence-corrected chi connectivity index (χ2v) is 10.8. The number of carbonyl (C=O) groups is 1. The van der Waals surface area contributed by atoms with Gasteiger partial charge in [-0.3, -0.25) is 9.10 Å². The van der Waals surface area contributed by atoms with Gasteiger partial charge in [-0.2, -0.15) is 0 Å². The van der Waals surface area contributed by atoms with Crippen molar-refractivity contribution in [3.8, 4) is 0 Å². The third kappa shape index (κ3) is 6.12. The van der Waals surface area contributed by atoms with Crippen LogP contribution in [0.4, 0.5) is 14.5 Å². The third-order valence-corrected chi connectivity index (χ3v) is 8.15. The van der Waals surface area contributed by atoms with Crippen molar-refractivity contribution in [2.24, 2.45) is 5.73 Å². The molecular weight excluding hydrogens is 517 g/mol. The maximum Gasteiger partial charge on any atom is 0.264 e. The highest BCUT2D eigenvalue weighted by Gasteiger charge is 2.29. The highest BCUT2D eigenvalue weighted by molar-refractivity contribution is 7.92. The number of benzene rings is 3. The lowest BCUT2D eigenvalue weighted by atomic mass is 10.0. The molecule has 2 N–H and O–H groups in total. The molecule has 1 amide bonds. The molecule has 0 radical (unpaired) electrons. The smallest absolute Gasteiger partial charge is 0.264 e. The lowest BCUT2D eigenvalue weighted by Crippen LogP contribution is -2.34. The normalized spacial score (nSPS) is 11.5. The SMILES string of the molecule is Cc1cc(S(=O)(=O)N(CCCC(N)=O)c2ccc(Cl)cc2Cc2c(F)cccc2F)c(C)cc1Cl. The second kappa shape index (κ2) is 10.9. The van der Waals surface area contributed by atoms with Crippen molar-refractivity contribution >= 4 is 44.8 Å². The van der Waals surface area contributed by atoms with E-state index in [1.807, 2.05) is 0 Å². The van der Waals surface area contributed by atoms with E-state index in [1.165, 1.54) is 30.3 Å². The zero-order valence-electron chi connectivity index (χ0n) is 19.1. The first-order valence-corrected chi connectivity index (χ1v) is 12.9. The van der Waals surface area contributed by atoms with E-state index in [9.17, 15) is 22.0 Å². The average molecular weight is 541 g/mol. The second-order valence-electron chi connectivity index (χ2n) is 8.16. The molecule has 0 heterocycles. The standard InChI is InChI=1S/C25H24Cl2F2N2O3S/c1-15-12-24(16(2)11-20(15)27)35(33,34)31(10-4-7-25(30)32)23-9-8-18(26)13-17(23)14-19-21(28)5-3-6-22(19)29/h3,5-6,8-9,11-13H,4,7,10,14H2,1-2H3,(H2,30,32). The van der Waals surface area contributed by atoms with Gasteiger partial charge in [-0.25, -0.2) is 17.2 Å². The molecule has 5 nitrogen and oxygen atoms in total. The Kier molecular flexibility index (Phi) is 8.41. The van der Waals surface area contributed by atoms with Crippen LogP contribution >= 0.6 is 23.2 Å². The summed E-state index contributed by atoms with van der Waals surface area (Å²) in [7, 11) is -4.18. The fourth-order valence-corrected chi connectivity index (χ4v) is 6.00. The van der Waals surface area contributed by atoms with E-state index in [2.05, 4.69) is 0 Å². The number of aryl methyl sites for hydroxylation is 2. The molecule has 0 aromatic heterocycles. The van der Waals surface area contributed by atoms with Gasteiger partial charge in [-0.1, -0.05) is 29.3 Å². The maximum absolute atomic E-state index is 14.4. The molecule has 3 rings (SSSR count). The lowest BCUT2D eigenvalue weighted by Gasteiger charge is -2.28. The first kappa shape index (κ1) is 26.9. The van der Waals surface area contributed by atoms with Crippen molar-refractivity contribution < 1.29 is 22.0 Å². The fourth-order valence-electron chi connectivity index (χ4n) is 3.75. The van der Waals surface area contributed by atoms with Gasteiger partial charge in [0.05, 0.1) is 10.6 Å². The Labute approximate surface area is 213 Å². The molecule has 3 aromatic carbocycles. The molecule has 0 unspecified atom stereocenters. The summed E-state index contributed by atoms with van der Waals surface area (Å²) in [6.45, 7) is 3.21. The topological polar surface area (TPSA) is 80.5 Å². The predicted octanol–water partition coefficient (Wildman–Crippen LogP) is 5.94. The molecule has 0 atom stereocenters. The Balaban J connectivity index is 2.18. The van der Waals surface area contributed by atoms with Crippen molar-refractivity contribution in [1.29, 1.82) is 0 Å². The Morgan fingerprint density at radius 1 is 1.00 bits per heavy atom. The summed E-state index contributed by atoms with van der Waals surface area (Å²) in [5.41, 5.74) is 6.52. The Morgan fingerprint density at radius 2 is 1.66 bits per heavy atom. The summed E-state index contributed by atoms with van der Waals surface area (Å²) in [5, 5.41) is 0.692. The molecule has 3 aromatic rings. The summed E-state index contributed by atoms with van der Waals surface area (Å²) in [6.07, 6.45) is -0.152. The minimum Gasteiger partial charge on any atom is -0.370 e. The summed E-state index contributed by atoms with van der Waals surface area (Å²) >= 11 is 12.3. The van der Waals surface area contributed by atoms with Gasteiger partial charge in [-0.15, -0.1) is 0 Å². The predicted molar refractivity (Wildman–Crippen MR) is 135 cm³/mol. The molecule has 35 heavy (non-hydrogen) atoms. The number of sulfonamides is 1. The van der Waals surface area contributed by atoms with E-state index >= 15 is 0 Å². The molecular formula is C25H24Cl2F2N2O3S. The van der Waals surface area contributed by atoms with Gasteiger partial charge in [0, 0.05) is 35.0 Å². The first-order chi connectivity index (χ1) is 16.4. The third-order valence-electron chi connectivity index (χ3n) is 5.55. The van der Waals surface area contributed by atoms with Gasteiger partial charge in [0.15, 0.2) is 0 Å². The molecule has 0 fully saturated rings. The van der Waals surface area contributed by atoms with E-state index in [0.29, 0.717) is 21.7 Å². The molecule has 0 saturated carbocycles. The van der Waals surface area contributed by atoms with E-state index in [0.717, 1.165) is 16.4 Å². The van der Waals surface area contributed by atoms with E-state index in [1.54, 1.807) is 19.9 Å². The fraction of sp³-hybridized carbons (Fsp3) is 0.240. The van der Waals surface area contributed by atoms with Gasteiger partial charge < -0.3 is 5.73 Å². The van der Waals surface area contributed by atoms with Gasteiger partial charge in [0.25, 0.3) is 10.0 Å². The molecule has 0 aliphatic carbocycles. The van der Waals surface area contributed by atoms with Crippen LogP contribution < -0.4 is 10.0 Å². The van der Waals surface area contributed by atoms with E-state index in [4.69, 9.17) is 28.9 Å². The van der Waals surface area contributed by atoms with Crippen molar-refractivity contribution in [1.82, 2.24) is 0 Å². The number of halogens is 4. The molecule has 0 bridgehead atoms. The van der Waals surface area contributed by atoms with Crippen molar-refractivity contribution in [2.75, 3.05) is 10.8 Å². The summed E-state index contributed by atoms with van der Waals surface area (Å²) < 4.78 is 57.8. The van der Waals surface area contributed by atoms with Crippen LogP contribution in [0.1, 0.15) is 35.1 Å². The van der Waals surface area contributed by atoms with Crippen LogP contribution in [0.5, 0.6) is 0 Å². The lowest BCUT2D eigenvalue weighted by molar-refractivity contribution is -0.118. The molecule has 0 saturated heterocycles. The van der Waals surface area contributed by atoms with Crippen LogP contribution in [0, 0.1) is 25.5 Å². The van der Waals surface area contributed by atoms with Gasteiger partial charge >= 0.3 is 0 Å². The Hall–Kier alpha value is -2.68. The zero-order valence-corrected chi connectivity index (χ0v) is 21.4. The molecule has 0 aliphatic rings. The summed E-state index contributed by atoms with van der Waals surface area (Å²) in [4.78, 5) is 11.4. The van der Waals surface area contributed by atoms with Crippen LogP contribution in [0.15, 0.2) is 53.4 Å². The largest absolute Gasteiger partial charge is 0.370 e. The number of carbonyl (C=O) groups excluding carboxylic acids is 1. The number of nitrogens with zero attached hydrogens (tertiary/aromatic N) is 1. The van der Waals surface area contributed by atoms with Crippen LogP contribution in [-0.2, 0) is 21.2 Å². The van der Waals surface area contributed by atoms with Crippen molar-refractivity contribution in [2.45, 2.75) is 38.0 Å². The minimum absolute atomic E-state index is 0.0245. The number of amides is 1. The summed E-state index contributed by atoms with van der Waals surface area (Å²) in [5.74, 6) is -2.10. The number of primary amides is 1. The zero-order chi connectivity index (χ0) is 25.9. The van der Waals surface area contributed by atoms with Gasteiger partial charge in [-0.05, 0) is 79.4 Å². The number of hydrogen-bond acceptors (Lipinski definition) is 3. The average Bonchev–Trinajstić information content (AvgIpc) is 2.76. The number of rotatable bonds is 9. The minimum atomic E-state index is -4.18. The van der Waals surface area contributed by atoms with Crippen LogP contribution in [0.3, 0.4) is 0 Å². The molecule has 0 aliphatic heterocycles. The number of nitrogens with two attached hydrogens (primary N) is 1. The maximum atomic E-state index is 14.4. The quantitative estimate of drug-likeness (QED) is 0.364. The summed E-state index contributed by atoms with van der Waals surface area (Å²) in [6, 6.07) is 11.0. The van der Waals surface area contributed by atoms with Crippen LogP contribution in [0.2, 0.25) is 10.0 Å². The van der Waals surface area contributed by atoms with Crippen molar-refractivity contribution in [3.63, 3.8) is 0 Å². The van der Waals surface area contributed by atoms with Gasteiger partial charge in [0.2, 0.25) is 5.91 Å². The molecule has 10 heteroatoms. The Morgan fingerprint density at radius 3 is 2.29 bits per heavy atom. The van der Waals surface area contributed by atoms with Crippen LogP contribution in [0.25, 0.3) is 0 Å². The molecule has 186 valence electrons. The van der Waals surface area contributed by atoms with E-state index < -0.39 is 27.6 Å².